The Labute approximate surface area is 115 Å². The van der Waals surface area contributed by atoms with Crippen molar-refractivity contribution in [1.82, 2.24) is 4.98 Å². The maximum atomic E-state index is 12.5. The predicted molar refractivity (Wildman–Crippen MR) is 68.3 cm³/mol. The number of hydrogen-bond acceptors (Lipinski definition) is 5. The topological polar surface area (TPSA) is 59.3 Å². The molecule has 2 rings (SSSR count). The van der Waals surface area contributed by atoms with Crippen LogP contribution in [0.5, 0.6) is 0 Å². The first-order valence-corrected chi connectivity index (χ1v) is 6.18. The van der Waals surface area contributed by atoms with Crippen molar-refractivity contribution >= 4 is 27.8 Å². The van der Waals surface area contributed by atoms with Gasteiger partial charge in [0, 0.05) is 30.2 Å². The molecule has 1 aromatic heterocycles. The van der Waals surface area contributed by atoms with Crippen molar-refractivity contribution in [3.63, 3.8) is 0 Å². The average Bonchev–Trinajstić information content (AvgIpc) is 2.87. The van der Waals surface area contributed by atoms with E-state index < -0.39 is 16.8 Å². The van der Waals surface area contributed by atoms with Crippen molar-refractivity contribution in [3.8, 4) is 0 Å². The monoisotopic (exact) mass is 303 g/mol. The molecule has 9 heteroatoms. The van der Waals surface area contributed by atoms with Crippen molar-refractivity contribution in [2.75, 3.05) is 11.9 Å². The lowest BCUT2D eigenvalue weighted by Gasteiger charge is -2.15. The molecule has 0 aliphatic heterocycles. The molecular formula is C11H8F3N3O2S. The molecule has 5 nitrogen and oxygen atoms in total. The van der Waals surface area contributed by atoms with Crippen molar-refractivity contribution in [3.05, 3.63) is 45.5 Å². The molecule has 0 aliphatic rings. The summed E-state index contributed by atoms with van der Waals surface area (Å²) in [4.78, 5) is 14.9. The van der Waals surface area contributed by atoms with Crippen molar-refractivity contribution < 1.29 is 18.1 Å². The van der Waals surface area contributed by atoms with Gasteiger partial charge in [-0.3, -0.25) is 10.1 Å². The van der Waals surface area contributed by atoms with Gasteiger partial charge in [-0.15, -0.1) is 11.3 Å². The van der Waals surface area contributed by atoms with Crippen LogP contribution < -0.4 is 4.90 Å². The van der Waals surface area contributed by atoms with Gasteiger partial charge in [0.2, 0.25) is 0 Å². The molecule has 0 atom stereocenters. The Hall–Kier alpha value is -2.16. The van der Waals surface area contributed by atoms with E-state index in [9.17, 15) is 23.3 Å². The summed E-state index contributed by atoms with van der Waals surface area (Å²) >= 11 is 0.851. The number of halogens is 3. The van der Waals surface area contributed by atoms with Gasteiger partial charge in [-0.05, 0) is 12.1 Å². The second-order valence-electron chi connectivity index (χ2n) is 3.85. The third-order valence-electron chi connectivity index (χ3n) is 2.52. The number of benzene rings is 1. The maximum absolute atomic E-state index is 12.5. The average molecular weight is 303 g/mol. The summed E-state index contributed by atoms with van der Waals surface area (Å²) in [5, 5.41) is 11.6. The largest absolute Gasteiger partial charge is 0.434 e. The van der Waals surface area contributed by atoms with Crippen molar-refractivity contribution in [1.29, 1.82) is 0 Å². The third-order valence-corrected chi connectivity index (χ3v) is 3.43. The van der Waals surface area contributed by atoms with Gasteiger partial charge in [-0.2, -0.15) is 13.2 Å². The van der Waals surface area contributed by atoms with E-state index in [0.29, 0.717) is 5.69 Å². The van der Waals surface area contributed by atoms with Crippen LogP contribution in [0.3, 0.4) is 0 Å². The molecule has 0 unspecified atom stereocenters. The fraction of sp³-hybridized carbons (Fsp3) is 0.182. The summed E-state index contributed by atoms with van der Waals surface area (Å²) < 4.78 is 37.4. The molecule has 1 aromatic carbocycles. The van der Waals surface area contributed by atoms with E-state index in [1.165, 1.54) is 29.2 Å². The number of aromatic nitrogens is 1. The SMILES string of the molecule is CN(c1ccc([N+](=O)[O-])cc1)c1nc(C(F)(F)F)cs1. The molecule has 0 amide bonds. The second-order valence-corrected chi connectivity index (χ2v) is 4.68. The first kappa shape index (κ1) is 14.3. The fourth-order valence-corrected chi connectivity index (χ4v) is 2.27. The molecule has 20 heavy (non-hydrogen) atoms. The van der Waals surface area contributed by atoms with Gasteiger partial charge < -0.3 is 4.90 Å². The van der Waals surface area contributed by atoms with E-state index in [1.807, 2.05) is 0 Å². The van der Waals surface area contributed by atoms with Crippen LogP contribution in [-0.2, 0) is 6.18 Å². The van der Waals surface area contributed by atoms with Gasteiger partial charge in [-0.25, -0.2) is 4.98 Å². The normalized spacial score (nSPS) is 11.4. The van der Waals surface area contributed by atoms with Gasteiger partial charge >= 0.3 is 6.18 Å². The van der Waals surface area contributed by atoms with E-state index in [1.54, 1.807) is 7.05 Å². The molecule has 0 aliphatic carbocycles. The smallest absolute Gasteiger partial charge is 0.321 e. The van der Waals surface area contributed by atoms with E-state index in [4.69, 9.17) is 0 Å². The Balaban J connectivity index is 2.24. The highest BCUT2D eigenvalue weighted by Gasteiger charge is 2.34. The minimum absolute atomic E-state index is 0.0859. The highest BCUT2D eigenvalue weighted by Crippen LogP contribution is 2.34. The fourth-order valence-electron chi connectivity index (χ4n) is 1.46. The van der Waals surface area contributed by atoms with Crippen molar-refractivity contribution in [2.24, 2.45) is 0 Å². The molecule has 0 radical (unpaired) electrons. The predicted octanol–water partition coefficient (Wildman–Crippen LogP) is 3.84. The summed E-state index contributed by atoms with van der Waals surface area (Å²) in [5.41, 5.74) is -0.526. The summed E-state index contributed by atoms with van der Waals surface area (Å²) in [6.07, 6.45) is -4.48. The number of nitrogens with zero attached hydrogens (tertiary/aromatic N) is 3. The number of nitro groups is 1. The summed E-state index contributed by atoms with van der Waals surface area (Å²) in [6.45, 7) is 0. The Morgan fingerprint density at radius 2 is 1.90 bits per heavy atom. The molecular weight excluding hydrogens is 295 g/mol. The van der Waals surface area contributed by atoms with E-state index in [0.717, 1.165) is 16.7 Å². The Morgan fingerprint density at radius 1 is 1.30 bits per heavy atom. The van der Waals surface area contributed by atoms with E-state index >= 15 is 0 Å². The molecule has 0 fully saturated rings. The summed E-state index contributed by atoms with van der Waals surface area (Å²) in [6, 6.07) is 5.47. The number of non-ortho nitro benzene ring substituents is 1. The van der Waals surface area contributed by atoms with Gasteiger partial charge in [0.15, 0.2) is 10.8 Å². The lowest BCUT2D eigenvalue weighted by Crippen LogP contribution is -2.11. The number of alkyl halides is 3. The number of hydrogen-bond donors (Lipinski definition) is 0. The second kappa shape index (κ2) is 5.08. The molecule has 0 saturated carbocycles. The molecule has 0 saturated heterocycles. The van der Waals surface area contributed by atoms with Crippen LogP contribution in [0.1, 0.15) is 5.69 Å². The Bertz CT molecular complexity index is 625. The molecule has 0 spiro atoms. The first-order valence-electron chi connectivity index (χ1n) is 5.30. The van der Waals surface area contributed by atoms with E-state index in [2.05, 4.69) is 4.98 Å². The number of nitro benzene ring substituents is 1. The van der Waals surface area contributed by atoms with Crippen LogP contribution in [0.2, 0.25) is 0 Å². The molecule has 0 N–H and O–H groups in total. The minimum atomic E-state index is -4.48. The van der Waals surface area contributed by atoms with Gasteiger partial charge in [-0.1, -0.05) is 0 Å². The summed E-state index contributed by atoms with van der Waals surface area (Å²) in [7, 11) is 1.54. The highest BCUT2D eigenvalue weighted by molar-refractivity contribution is 7.13. The Kier molecular flexibility index (Phi) is 3.62. The minimum Gasteiger partial charge on any atom is -0.321 e. The highest BCUT2D eigenvalue weighted by atomic mass is 32.1. The molecule has 106 valence electrons. The number of thiazole rings is 1. The first-order chi connectivity index (χ1) is 9.29. The van der Waals surface area contributed by atoms with Crippen molar-refractivity contribution in [2.45, 2.75) is 6.18 Å². The third kappa shape index (κ3) is 2.87. The van der Waals surface area contributed by atoms with Crippen LogP contribution in [0.4, 0.5) is 29.7 Å². The zero-order chi connectivity index (χ0) is 14.9. The summed E-state index contributed by atoms with van der Waals surface area (Å²) in [5.74, 6) is 0. The van der Waals surface area contributed by atoms with Crippen LogP contribution >= 0.6 is 11.3 Å². The van der Waals surface area contributed by atoms with Gasteiger partial charge in [0.1, 0.15) is 0 Å². The Morgan fingerprint density at radius 3 is 2.35 bits per heavy atom. The van der Waals surface area contributed by atoms with E-state index in [-0.39, 0.29) is 10.8 Å². The van der Waals surface area contributed by atoms with Crippen LogP contribution in [0.15, 0.2) is 29.6 Å². The quantitative estimate of drug-likeness (QED) is 0.638. The maximum Gasteiger partial charge on any atom is 0.434 e. The lowest BCUT2D eigenvalue weighted by molar-refractivity contribution is -0.384. The van der Waals surface area contributed by atoms with Crippen LogP contribution in [0, 0.1) is 10.1 Å². The number of anilines is 2. The van der Waals surface area contributed by atoms with Crippen LogP contribution in [-0.4, -0.2) is 17.0 Å². The van der Waals surface area contributed by atoms with Gasteiger partial charge in [0.05, 0.1) is 4.92 Å². The zero-order valence-corrected chi connectivity index (χ0v) is 10.9. The molecule has 1 heterocycles. The molecule has 2 aromatic rings. The van der Waals surface area contributed by atoms with Crippen LogP contribution in [0.25, 0.3) is 0 Å². The molecule has 0 bridgehead atoms. The lowest BCUT2D eigenvalue weighted by atomic mass is 10.3. The standard InChI is InChI=1S/C11H8F3N3O2S/c1-16(7-2-4-8(5-3-7)17(18)19)10-15-9(6-20-10)11(12,13)14/h2-6H,1H3. The van der Waals surface area contributed by atoms with Gasteiger partial charge in [0.25, 0.3) is 5.69 Å². The number of rotatable bonds is 3. The zero-order valence-electron chi connectivity index (χ0n) is 10.1.